The highest BCUT2D eigenvalue weighted by molar-refractivity contribution is 6.30. The Morgan fingerprint density at radius 2 is 2.25 bits per heavy atom. The van der Waals surface area contributed by atoms with Crippen LogP contribution in [0.3, 0.4) is 0 Å². The van der Waals surface area contributed by atoms with Crippen molar-refractivity contribution in [2.24, 2.45) is 0 Å². The molecule has 2 rings (SSSR count). The van der Waals surface area contributed by atoms with Crippen LogP contribution in [-0.2, 0) is 6.42 Å². The fourth-order valence-electron chi connectivity index (χ4n) is 2.21. The maximum Gasteiger partial charge on any atom is 0.141 e. The van der Waals surface area contributed by atoms with Crippen LogP contribution in [0.4, 0.5) is 4.39 Å². The van der Waals surface area contributed by atoms with Gasteiger partial charge in [0.15, 0.2) is 0 Å². The second kappa shape index (κ2) is 5.65. The minimum atomic E-state index is -0.332. The van der Waals surface area contributed by atoms with Crippen molar-refractivity contribution in [1.82, 2.24) is 5.32 Å². The molecule has 0 amide bonds. The van der Waals surface area contributed by atoms with Gasteiger partial charge in [0.1, 0.15) is 5.82 Å². The van der Waals surface area contributed by atoms with Gasteiger partial charge < -0.3 is 5.32 Å². The van der Waals surface area contributed by atoms with Crippen LogP contribution < -0.4 is 5.32 Å². The summed E-state index contributed by atoms with van der Waals surface area (Å²) in [6, 6.07) is 5.63. The normalized spacial score (nSPS) is 21.0. The summed E-state index contributed by atoms with van der Waals surface area (Å²) < 4.78 is 12.9. The number of aryl methyl sites for hydroxylation is 1. The molecule has 0 saturated carbocycles. The Labute approximate surface area is 101 Å². The second-order valence-corrected chi connectivity index (χ2v) is 4.84. The molecule has 1 atom stereocenters. The third kappa shape index (κ3) is 3.19. The van der Waals surface area contributed by atoms with Gasteiger partial charge >= 0.3 is 0 Å². The largest absolute Gasteiger partial charge is 0.314 e. The molecule has 1 unspecified atom stereocenters. The van der Waals surface area contributed by atoms with Crippen molar-refractivity contribution in [3.63, 3.8) is 0 Å². The van der Waals surface area contributed by atoms with E-state index in [1.165, 1.54) is 25.3 Å². The van der Waals surface area contributed by atoms with E-state index in [9.17, 15) is 4.39 Å². The zero-order chi connectivity index (χ0) is 11.4. The van der Waals surface area contributed by atoms with Crippen LogP contribution in [-0.4, -0.2) is 12.6 Å². The molecule has 0 aliphatic carbocycles. The molecular formula is C13H17ClFN. The van der Waals surface area contributed by atoms with Crippen molar-refractivity contribution in [3.05, 3.63) is 34.6 Å². The van der Waals surface area contributed by atoms with E-state index in [1.54, 1.807) is 6.07 Å². The summed E-state index contributed by atoms with van der Waals surface area (Å²) >= 11 is 5.74. The Morgan fingerprint density at radius 1 is 1.38 bits per heavy atom. The van der Waals surface area contributed by atoms with Gasteiger partial charge in [-0.15, -0.1) is 0 Å². The van der Waals surface area contributed by atoms with Gasteiger partial charge in [-0.3, -0.25) is 0 Å². The molecule has 1 aliphatic rings. The molecule has 1 saturated heterocycles. The van der Waals surface area contributed by atoms with Gasteiger partial charge in [0, 0.05) is 6.04 Å². The summed E-state index contributed by atoms with van der Waals surface area (Å²) in [7, 11) is 0. The third-order valence-electron chi connectivity index (χ3n) is 3.18. The molecule has 1 nitrogen and oxygen atoms in total. The molecule has 0 bridgehead atoms. The smallest absolute Gasteiger partial charge is 0.141 e. The highest BCUT2D eigenvalue weighted by Gasteiger charge is 2.12. The van der Waals surface area contributed by atoms with Crippen LogP contribution in [0.15, 0.2) is 18.2 Å². The standard InChI is InChI=1S/C13H17ClFN/c14-12-9-10(5-7-13(12)15)4-6-11-3-1-2-8-16-11/h5,7,9,11,16H,1-4,6,8H2. The molecular weight excluding hydrogens is 225 g/mol. The van der Waals surface area contributed by atoms with Crippen LogP contribution in [0.5, 0.6) is 0 Å². The molecule has 16 heavy (non-hydrogen) atoms. The average Bonchev–Trinajstić information content (AvgIpc) is 2.32. The Kier molecular flexibility index (Phi) is 4.19. The van der Waals surface area contributed by atoms with Crippen molar-refractivity contribution >= 4 is 11.6 Å². The molecule has 0 radical (unpaired) electrons. The van der Waals surface area contributed by atoms with Crippen LogP contribution in [0, 0.1) is 5.82 Å². The number of piperidine rings is 1. The molecule has 88 valence electrons. The first-order valence-electron chi connectivity index (χ1n) is 5.93. The van der Waals surface area contributed by atoms with Gasteiger partial charge in [0.05, 0.1) is 5.02 Å². The van der Waals surface area contributed by atoms with Crippen LogP contribution in [0.2, 0.25) is 5.02 Å². The number of hydrogen-bond acceptors (Lipinski definition) is 1. The predicted molar refractivity (Wildman–Crippen MR) is 65.4 cm³/mol. The molecule has 1 heterocycles. The van der Waals surface area contributed by atoms with E-state index in [0.717, 1.165) is 24.9 Å². The fraction of sp³-hybridized carbons (Fsp3) is 0.538. The minimum absolute atomic E-state index is 0.231. The van der Waals surface area contributed by atoms with E-state index in [1.807, 2.05) is 6.07 Å². The maximum atomic E-state index is 12.9. The van der Waals surface area contributed by atoms with Crippen LogP contribution >= 0.6 is 11.6 Å². The zero-order valence-corrected chi connectivity index (χ0v) is 10.1. The Hall–Kier alpha value is -0.600. The van der Waals surface area contributed by atoms with Crippen molar-refractivity contribution < 1.29 is 4.39 Å². The monoisotopic (exact) mass is 241 g/mol. The molecule has 3 heteroatoms. The number of halogens is 2. The quantitative estimate of drug-likeness (QED) is 0.854. The molecule has 1 aromatic rings. The third-order valence-corrected chi connectivity index (χ3v) is 3.47. The van der Waals surface area contributed by atoms with E-state index in [4.69, 9.17) is 11.6 Å². The van der Waals surface area contributed by atoms with Crippen molar-refractivity contribution in [2.45, 2.75) is 38.1 Å². The van der Waals surface area contributed by atoms with Crippen molar-refractivity contribution in [1.29, 1.82) is 0 Å². The van der Waals surface area contributed by atoms with E-state index in [-0.39, 0.29) is 10.8 Å². The first-order chi connectivity index (χ1) is 7.75. The van der Waals surface area contributed by atoms with Gasteiger partial charge in [-0.25, -0.2) is 4.39 Å². The summed E-state index contributed by atoms with van der Waals surface area (Å²) in [5.74, 6) is -0.332. The van der Waals surface area contributed by atoms with Crippen LogP contribution in [0.25, 0.3) is 0 Å². The predicted octanol–water partition coefficient (Wildman–Crippen LogP) is 3.55. The number of rotatable bonds is 3. The lowest BCUT2D eigenvalue weighted by atomic mass is 9.98. The minimum Gasteiger partial charge on any atom is -0.314 e. The van der Waals surface area contributed by atoms with Gasteiger partial charge in [-0.1, -0.05) is 24.1 Å². The van der Waals surface area contributed by atoms with Crippen molar-refractivity contribution in [3.8, 4) is 0 Å². The number of nitrogens with one attached hydrogen (secondary N) is 1. The Morgan fingerprint density at radius 3 is 2.94 bits per heavy atom. The first-order valence-corrected chi connectivity index (χ1v) is 6.31. The van der Waals surface area contributed by atoms with Gasteiger partial charge in [-0.2, -0.15) is 0 Å². The van der Waals surface area contributed by atoms with E-state index in [2.05, 4.69) is 5.32 Å². The van der Waals surface area contributed by atoms with Crippen molar-refractivity contribution in [2.75, 3.05) is 6.54 Å². The molecule has 1 fully saturated rings. The second-order valence-electron chi connectivity index (χ2n) is 4.43. The highest BCUT2D eigenvalue weighted by atomic mass is 35.5. The first kappa shape index (κ1) is 11.9. The lowest BCUT2D eigenvalue weighted by Gasteiger charge is -2.23. The molecule has 0 spiro atoms. The zero-order valence-electron chi connectivity index (χ0n) is 9.31. The Bertz CT molecular complexity index is 348. The summed E-state index contributed by atoms with van der Waals surface area (Å²) in [5.41, 5.74) is 1.12. The topological polar surface area (TPSA) is 12.0 Å². The van der Waals surface area contributed by atoms with Gasteiger partial charge in [0.2, 0.25) is 0 Å². The summed E-state index contributed by atoms with van der Waals surface area (Å²) in [4.78, 5) is 0. The summed E-state index contributed by atoms with van der Waals surface area (Å²) in [6.45, 7) is 1.13. The van der Waals surface area contributed by atoms with Gasteiger partial charge in [0.25, 0.3) is 0 Å². The van der Waals surface area contributed by atoms with E-state index < -0.39 is 0 Å². The van der Waals surface area contributed by atoms with E-state index >= 15 is 0 Å². The van der Waals surface area contributed by atoms with Gasteiger partial charge in [-0.05, 0) is 49.9 Å². The molecule has 1 N–H and O–H groups in total. The highest BCUT2D eigenvalue weighted by Crippen LogP contribution is 2.18. The maximum absolute atomic E-state index is 12.9. The number of benzene rings is 1. The molecule has 1 aliphatic heterocycles. The Balaban J connectivity index is 1.86. The lowest BCUT2D eigenvalue weighted by molar-refractivity contribution is 0.383. The van der Waals surface area contributed by atoms with Crippen LogP contribution in [0.1, 0.15) is 31.2 Å². The summed E-state index contributed by atoms with van der Waals surface area (Å²) in [5, 5.41) is 3.74. The summed E-state index contributed by atoms with van der Waals surface area (Å²) in [6.07, 6.45) is 5.95. The molecule has 0 aromatic heterocycles. The SMILES string of the molecule is Fc1ccc(CCC2CCCCN2)cc1Cl. The lowest BCUT2D eigenvalue weighted by Crippen LogP contribution is -2.34. The molecule has 1 aromatic carbocycles. The average molecular weight is 242 g/mol. The van der Waals surface area contributed by atoms with E-state index in [0.29, 0.717) is 6.04 Å². The fourth-order valence-corrected chi connectivity index (χ4v) is 2.41. The number of hydrogen-bond donors (Lipinski definition) is 1.